The van der Waals surface area contributed by atoms with Crippen molar-refractivity contribution in [1.82, 2.24) is 5.32 Å². The van der Waals surface area contributed by atoms with E-state index in [4.69, 9.17) is 0 Å². The van der Waals surface area contributed by atoms with E-state index in [2.05, 4.69) is 17.5 Å². The first-order valence-electron chi connectivity index (χ1n) is 4.13. The normalized spacial score (nSPS) is 33.8. The minimum atomic E-state index is 0.991. The van der Waals surface area contributed by atoms with E-state index in [0.717, 1.165) is 11.8 Å². The van der Waals surface area contributed by atoms with Gasteiger partial charge in [-0.3, -0.25) is 0 Å². The summed E-state index contributed by atoms with van der Waals surface area (Å²) in [6, 6.07) is 0. The standard InChI is InChI=1S/C7H10.C2H7N/c1-2-7-4-3-6(1)5-7;1-3-2/h1-2,6-7H,3-5H2;3H,1-2H3. The van der Waals surface area contributed by atoms with Crippen molar-refractivity contribution >= 4 is 0 Å². The van der Waals surface area contributed by atoms with Crippen molar-refractivity contribution in [2.24, 2.45) is 11.8 Å². The van der Waals surface area contributed by atoms with Crippen molar-refractivity contribution in [2.45, 2.75) is 19.3 Å². The molecule has 2 atom stereocenters. The minimum absolute atomic E-state index is 0.991. The summed E-state index contributed by atoms with van der Waals surface area (Å²) in [7, 11) is 3.75. The van der Waals surface area contributed by atoms with E-state index >= 15 is 0 Å². The molecule has 2 unspecified atom stereocenters. The van der Waals surface area contributed by atoms with Crippen molar-refractivity contribution in [3.63, 3.8) is 0 Å². The first-order valence-corrected chi connectivity index (χ1v) is 4.13. The predicted molar refractivity (Wildman–Crippen MR) is 45.0 cm³/mol. The van der Waals surface area contributed by atoms with Gasteiger partial charge in [-0.05, 0) is 45.2 Å². The molecule has 0 amide bonds. The summed E-state index contributed by atoms with van der Waals surface area (Å²) >= 11 is 0. The second-order valence-corrected chi connectivity index (χ2v) is 3.22. The van der Waals surface area contributed by atoms with Crippen LogP contribution in [0.1, 0.15) is 19.3 Å². The highest BCUT2D eigenvalue weighted by atomic mass is 14.7. The quantitative estimate of drug-likeness (QED) is 0.505. The molecule has 0 aliphatic heterocycles. The molecule has 10 heavy (non-hydrogen) atoms. The van der Waals surface area contributed by atoms with Crippen LogP contribution in [0.15, 0.2) is 12.2 Å². The molecule has 0 saturated heterocycles. The fourth-order valence-electron chi connectivity index (χ4n) is 1.72. The number of nitrogens with one attached hydrogen (secondary N) is 1. The summed E-state index contributed by atoms with van der Waals surface area (Å²) in [6.07, 6.45) is 9.19. The smallest absolute Gasteiger partial charge is 0.0167 e. The first kappa shape index (κ1) is 7.80. The van der Waals surface area contributed by atoms with Crippen molar-refractivity contribution in [3.05, 3.63) is 12.2 Å². The molecule has 0 spiro atoms. The zero-order chi connectivity index (χ0) is 7.40. The second-order valence-electron chi connectivity index (χ2n) is 3.22. The molecule has 58 valence electrons. The van der Waals surface area contributed by atoms with Gasteiger partial charge in [-0.15, -0.1) is 0 Å². The average Bonchev–Trinajstić information content (AvgIpc) is 2.49. The van der Waals surface area contributed by atoms with E-state index in [1.54, 1.807) is 0 Å². The van der Waals surface area contributed by atoms with Gasteiger partial charge in [0, 0.05) is 0 Å². The lowest BCUT2D eigenvalue weighted by Crippen LogP contribution is -1.89. The molecule has 1 N–H and O–H groups in total. The molecule has 0 aromatic carbocycles. The van der Waals surface area contributed by atoms with Gasteiger partial charge in [0.1, 0.15) is 0 Å². The maximum Gasteiger partial charge on any atom is -0.0167 e. The van der Waals surface area contributed by atoms with E-state index in [0.29, 0.717) is 0 Å². The van der Waals surface area contributed by atoms with E-state index < -0.39 is 0 Å². The highest BCUT2D eigenvalue weighted by molar-refractivity contribution is 5.06. The van der Waals surface area contributed by atoms with Gasteiger partial charge in [-0.2, -0.15) is 0 Å². The lowest BCUT2D eigenvalue weighted by Gasteiger charge is -1.96. The molecule has 0 radical (unpaired) electrons. The molecular weight excluding hydrogens is 122 g/mol. The number of hydrogen-bond acceptors (Lipinski definition) is 1. The maximum absolute atomic E-state index is 2.75. The van der Waals surface area contributed by atoms with Gasteiger partial charge in [0.05, 0.1) is 0 Å². The van der Waals surface area contributed by atoms with Crippen molar-refractivity contribution < 1.29 is 0 Å². The summed E-state index contributed by atoms with van der Waals surface area (Å²) in [5.74, 6) is 1.98. The van der Waals surface area contributed by atoms with E-state index in [9.17, 15) is 0 Å². The fraction of sp³-hybridized carbons (Fsp3) is 0.778. The van der Waals surface area contributed by atoms with Gasteiger partial charge >= 0.3 is 0 Å². The summed E-state index contributed by atoms with van der Waals surface area (Å²) in [6.45, 7) is 0. The predicted octanol–water partition coefficient (Wildman–Crippen LogP) is 1.81. The molecular formula is C9H17N. The van der Waals surface area contributed by atoms with E-state index in [1.165, 1.54) is 19.3 Å². The average molecular weight is 139 g/mol. The number of hydrogen-bond donors (Lipinski definition) is 1. The van der Waals surface area contributed by atoms with Gasteiger partial charge in [0.15, 0.2) is 0 Å². The van der Waals surface area contributed by atoms with Gasteiger partial charge in [0.25, 0.3) is 0 Å². The van der Waals surface area contributed by atoms with Crippen LogP contribution >= 0.6 is 0 Å². The zero-order valence-electron chi connectivity index (χ0n) is 6.93. The second kappa shape index (κ2) is 3.77. The van der Waals surface area contributed by atoms with Crippen molar-refractivity contribution in [2.75, 3.05) is 14.1 Å². The van der Waals surface area contributed by atoms with Crippen LogP contribution in [0.5, 0.6) is 0 Å². The monoisotopic (exact) mass is 139 g/mol. The Labute approximate surface area is 63.5 Å². The fourth-order valence-corrected chi connectivity index (χ4v) is 1.72. The van der Waals surface area contributed by atoms with Crippen LogP contribution in [0.2, 0.25) is 0 Å². The van der Waals surface area contributed by atoms with Crippen LogP contribution < -0.4 is 5.32 Å². The van der Waals surface area contributed by atoms with Crippen LogP contribution in [0.3, 0.4) is 0 Å². The Balaban J connectivity index is 0.000000148. The molecule has 1 heteroatoms. The van der Waals surface area contributed by atoms with Crippen molar-refractivity contribution in [3.8, 4) is 0 Å². The molecule has 1 saturated carbocycles. The van der Waals surface area contributed by atoms with Gasteiger partial charge in [-0.25, -0.2) is 0 Å². The highest BCUT2D eigenvalue weighted by Gasteiger charge is 2.25. The molecule has 0 aromatic rings. The molecule has 1 fully saturated rings. The lowest BCUT2D eigenvalue weighted by molar-refractivity contribution is 0.691. The zero-order valence-corrected chi connectivity index (χ0v) is 6.93. The third-order valence-electron chi connectivity index (χ3n) is 2.17. The first-order chi connectivity index (χ1) is 4.86. The summed E-state index contributed by atoms with van der Waals surface area (Å²) in [5, 5.41) is 2.75. The van der Waals surface area contributed by atoms with Crippen LogP contribution in [0.25, 0.3) is 0 Å². The third-order valence-corrected chi connectivity index (χ3v) is 2.17. The number of rotatable bonds is 0. The van der Waals surface area contributed by atoms with Crippen LogP contribution in [-0.2, 0) is 0 Å². The topological polar surface area (TPSA) is 12.0 Å². The Morgan fingerprint density at radius 2 is 1.50 bits per heavy atom. The molecule has 1 nitrogen and oxygen atoms in total. The Bertz CT molecular complexity index is 106. The Morgan fingerprint density at radius 1 is 1.10 bits per heavy atom. The summed E-state index contributed by atoms with van der Waals surface area (Å²) in [5.41, 5.74) is 0. The van der Waals surface area contributed by atoms with Crippen LogP contribution in [0.4, 0.5) is 0 Å². The molecule has 2 aliphatic rings. The van der Waals surface area contributed by atoms with Crippen LogP contribution in [0, 0.1) is 11.8 Å². The SMILES string of the molecule is C1=CC2CCC1C2.CNC. The molecule has 2 aliphatic carbocycles. The molecule has 2 bridgehead atoms. The lowest BCUT2D eigenvalue weighted by atomic mass is 10.1. The Hall–Kier alpha value is -0.300. The molecule has 0 aromatic heterocycles. The van der Waals surface area contributed by atoms with Crippen LogP contribution in [-0.4, -0.2) is 14.1 Å². The summed E-state index contributed by atoms with van der Waals surface area (Å²) < 4.78 is 0. The third kappa shape index (κ3) is 1.84. The largest absolute Gasteiger partial charge is 0.323 e. The number of fused-ring (bicyclic) bond motifs is 2. The Kier molecular flexibility index (Phi) is 2.94. The van der Waals surface area contributed by atoms with Crippen molar-refractivity contribution in [1.29, 1.82) is 0 Å². The van der Waals surface area contributed by atoms with E-state index in [-0.39, 0.29) is 0 Å². The maximum atomic E-state index is 2.75. The van der Waals surface area contributed by atoms with E-state index in [1.807, 2.05) is 14.1 Å². The number of allylic oxidation sites excluding steroid dienone is 2. The van der Waals surface area contributed by atoms with Gasteiger partial charge in [-0.1, -0.05) is 12.2 Å². The highest BCUT2D eigenvalue weighted by Crippen LogP contribution is 2.38. The van der Waals surface area contributed by atoms with Gasteiger partial charge in [0.2, 0.25) is 0 Å². The molecule has 0 heterocycles. The Morgan fingerprint density at radius 3 is 1.60 bits per heavy atom. The minimum Gasteiger partial charge on any atom is -0.323 e. The van der Waals surface area contributed by atoms with Gasteiger partial charge < -0.3 is 5.32 Å². The summed E-state index contributed by atoms with van der Waals surface area (Å²) in [4.78, 5) is 0. The molecule has 2 rings (SSSR count).